The first-order valence-electron chi connectivity index (χ1n) is 9.10. The maximum absolute atomic E-state index is 12.6. The molecule has 0 radical (unpaired) electrons. The molecular formula is C20H27N3O2. The molecule has 1 unspecified atom stereocenters. The first kappa shape index (κ1) is 17.7. The molecule has 25 heavy (non-hydrogen) atoms. The van der Waals surface area contributed by atoms with Gasteiger partial charge < -0.3 is 9.80 Å². The second-order valence-corrected chi connectivity index (χ2v) is 6.94. The normalized spacial score (nSPS) is 22.6. The van der Waals surface area contributed by atoms with Crippen molar-refractivity contribution in [1.82, 2.24) is 14.7 Å². The quantitative estimate of drug-likeness (QED) is 0.837. The molecule has 2 amide bonds. The largest absolute Gasteiger partial charge is 0.346 e. The van der Waals surface area contributed by atoms with Crippen molar-refractivity contribution in [2.45, 2.75) is 12.8 Å². The van der Waals surface area contributed by atoms with Crippen molar-refractivity contribution in [1.29, 1.82) is 0 Å². The van der Waals surface area contributed by atoms with Crippen LogP contribution in [0.2, 0.25) is 0 Å². The van der Waals surface area contributed by atoms with Crippen LogP contribution in [0.3, 0.4) is 0 Å². The highest BCUT2D eigenvalue weighted by Gasteiger charge is 2.32. The zero-order valence-electron chi connectivity index (χ0n) is 14.9. The average molecular weight is 341 g/mol. The summed E-state index contributed by atoms with van der Waals surface area (Å²) < 4.78 is 0. The lowest BCUT2D eigenvalue weighted by atomic mass is 9.94. The van der Waals surface area contributed by atoms with E-state index < -0.39 is 0 Å². The third kappa shape index (κ3) is 4.69. The van der Waals surface area contributed by atoms with E-state index in [1.807, 2.05) is 30.1 Å². The van der Waals surface area contributed by atoms with Crippen LogP contribution in [0.15, 0.2) is 36.4 Å². The minimum absolute atomic E-state index is 0.0919. The highest BCUT2D eigenvalue weighted by Crippen LogP contribution is 2.20. The minimum atomic E-state index is -0.117. The Kier molecular flexibility index (Phi) is 5.87. The Morgan fingerprint density at radius 1 is 1.12 bits per heavy atom. The molecular weight excluding hydrogens is 314 g/mol. The summed E-state index contributed by atoms with van der Waals surface area (Å²) >= 11 is 0. The van der Waals surface area contributed by atoms with E-state index in [0.717, 1.165) is 39.1 Å². The molecule has 0 N–H and O–H groups in total. The molecule has 2 aliphatic heterocycles. The van der Waals surface area contributed by atoms with Crippen LogP contribution < -0.4 is 0 Å². The zero-order chi connectivity index (χ0) is 17.6. The molecule has 2 saturated heterocycles. The number of nitrogens with zero attached hydrogens (tertiary/aromatic N) is 3. The second kappa shape index (κ2) is 8.30. The molecule has 0 aromatic heterocycles. The molecule has 2 heterocycles. The molecule has 0 aliphatic carbocycles. The first-order valence-corrected chi connectivity index (χ1v) is 9.10. The third-order valence-corrected chi connectivity index (χ3v) is 5.17. The van der Waals surface area contributed by atoms with Crippen LogP contribution in [0, 0.1) is 5.92 Å². The monoisotopic (exact) mass is 341 g/mol. The molecule has 5 nitrogen and oxygen atoms in total. The number of amides is 2. The highest BCUT2D eigenvalue weighted by molar-refractivity contribution is 5.87. The number of likely N-dealkylation sites (tertiary alicyclic amines) is 1. The van der Waals surface area contributed by atoms with E-state index in [4.69, 9.17) is 0 Å². The molecule has 3 rings (SSSR count). The summed E-state index contributed by atoms with van der Waals surface area (Å²) in [5, 5.41) is 0. The van der Waals surface area contributed by atoms with Gasteiger partial charge in [0.2, 0.25) is 11.8 Å². The molecule has 0 saturated carbocycles. The Balaban J connectivity index is 1.43. The van der Waals surface area contributed by atoms with E-state index in [2.05, 4.69) is 29.2 Å². The van der Waals surface area contributed by atoms with Gasteiger partial charge in [0.15, 0.2) is 0 Å². The van der Waals surface area contributed by atoms with Crippen LogP contribution in [-0.2, 0) is 9.59 Å². The zero-order valence-corrected chi connectivity index (χ0v) is 14.9. The van der Waals surface area contributed by atoms with Crippen LogP contribution in [0.25, 0.3) is 6.08 Å². The van der Waals surface area contributed by atoms with E-state index >= 15 is 0 Å². The smallest absolute Gasteiger partial charge is 0.226 e. The minimum Gasteiger partial charge on any atom is -0.346 e. The average Bonchev–Trinajstić information content (AvgIpc) is 2.65. The van der Waals surface area contributed by atoms with Crippen LogP contribution in [0.1, 0.15) is 18.4 Å². The summed E-state index contributed by atoms with van der Waals surface area (Å²) in [5.41, 5.74) is 1.21. The van der Waals surface area contributed by atoms with Gasteiger partial charge in [0.1, 0.15) is 0 Å². The molecule has 0 bridgehead atoms. The second-order valence-electron chi connectivity index (χ2n) is 6.94. The fraction of sp³-hybridized carbons (Fsp3) is 0.500. The number of benzene rings is 1. The summed E-state index contributed by atoms with van der Waals surface area (Å²) in [7, 11) is 1.81. The standard InChI is InChI=1S/C20H27N3O2/c1-21-11-9-18(16-19(21)24)20(25)23-14-12-22(13-15-23)10-5-8-17-6-3-2-4-7-17/h2-8,18H,9-16H2,1H3. The van der Waals surface area contributed by atoms with E-state index in [9.17, 15) is 9.59 Å². The number of hydrogen-bond acceptors (Lipinski definition) is 3. The van der Waals surface area contributed by atoms with Gasteiger partial charge in [0.25, 0.3) is 0 Å². The lowest BCUT2D eigenvalue weighted by Gasteiger charge is -2.37. The summed E-state index contributed by atoms with van der Waals surface area (Å²) in [6, 6.07) is 10.3. The third-order valence-electron chi connectivity index (χ3n) is 5.17. The van der Waals surface area contributed by atoms with Crippen molar-refractivity contribution in [2.24, 2.45) is 5.92 Å². The Morgan fingerprint density at radius 2 is 1.84 bits per heavy atom. The van der Waals surface area contributed by atoms with Gasteiger partial charge >= 0.3 is 0 Å². The maximum atomic E-state index is 12.6. The molecule has 1 atom stereocenters. The Bertz CT molecular complexity index is 621. The SMILES string of the molecule is CN1CCC(C(=O)N2CCN(CC=Cc3ccccc3)CC2)CC1=O. The van der Waals surface area contributed by atoms with Gasteiger partial charge in [-0.05, 0) is 12.0 Å². The van der Waals surface area contributed by atoms with Crippen molar-refractivity contribution in [3.63, 3.8) is 0 Å². The summed E-state index contributed by atoms with van der Waals surface area (Å²) in [6.07, 6.45) is 5.49. The fourth-order valence-electron chi connectivity index (χ4n) is 3.46. The number of rotatable bonds is 4. The van der Waals surface area contributed by atoms with E-state index in [1.54, 1.807) is 4.90 Å². The van der Waals surface area contributed by atoms with Gasteiger partial charge in [-0.1, -0.05) is 42.5 Å². The Hall–Kier alpha value is -2.14. The number of piperazine rings is 1. The van der Waals surface area contributed by atoms with Crippen LogP contribution in [0.5, 0.6) is 0 Å². The molecule has 134 valence electrons. The molecule has 2 aliphatic rings. The number of carbonyl (C=O) groups excluding carboxylic acids is 2. The fourth-order valence-corrected chi connectivity index (χ4v) is 3.46. The van der Waals surface area contributed by atoms with Crippen molar-refractivity contribution in [2.75, 3.05) is 46.3 Å². The van der Waals surface area contributed by atoms with Gasteiger partial charge in [-0.2, -0.15) is 0 Å². The van der Waals surface area contributed by atoms with Gasteiger partial charge in [-0.15, -0.1) is 0 Å². The summed E-state index contributed by atoms with van der Waals surface area (Å²) in [6.45, 7) is 4.91. The van der Waals surface area contributed by atoms with Gasteiger partial charge in [-0.25, -0.2) is 0 Å². The molecule has 2 fully saturated rings. The van der Waals surface area contributed by atoms with Crippen LogP contribution in [-0.4, -0.2) is 72.8 Å². The predicted octanol–water partition coefficient (Wildman–Crippen LogP) is 1.71. The summed E-state index contributed by atoms with van der Waals surface area (Å²) in [4.78, 5) is 30.5. The lowest BCUT2D eigenvalue weighted by molar-refractivity contribution is -0.145. The van der Waals surface area contributed by atoms with Crippen molar-refractivity contribution in [3.05, 3.63) is 42.0 Å². The van der Waals surface area contributed by atoms with E-state index in [1.165, 1.54) is 5.56 Å². The van der Waals surface area contributed by atoms with E-state index in [0.29, 0.717) is 13.0 Å². The van der Waals surface area contributed by atoms with Crippen molar-refractivity contribution in [3.8, 4) is 0 Å². The summed E-state index contributed by atoms with van der Waals surface area (Å²) in [5.74, 6) is 0.142. The van der Waals surface area contributed by atoms with Gasteiger partial charge in [-0.3, -0.25) is 14.5 Å². The molecule has 1 aromatic rings. The first-order chi connectivity index (χ1) is 12.1. The van der Waals surface area contributed by atoms with Crippen molar-refractivity contribution < 1.29 is 9.59 Å². The number of piperidine rings is 1. The lowest BCUT2D eigenvalue weighted by Crippen LogP contribution is -2.51. The molecule has 5 heteroatoms. The topological polar surface area (TPSA) is 43.9 Å². The maximum Gasteiger partial charge on any atom is 0.226 e. The van der Waals surface area contributed by atoms with Crippen LogP contribution in [0.4, 0.5) is 0 Å². The van der Waals surface area contributed by atoms with Crippen LogP contribution >= 0.6 is 0 Å². The van der Waals surface area contributed by atoms with Gasteiger partial charge in [0.05, 0.1) is 0 Å². The van der Waals surface area contributed by atoms with Crippen molar-refractivity contribution >= 4 is 17.9 Å². The molecule has 1 aromatic carbocycles. The highest BCUT2D eigenvalue weighted by atomic mass is 16.2. The van der Waals surface area contributed by atoms with E-state index in [-0.39, 0.29) is 17.7 Å². The Morgan fingerprint density at radius 3 is 2.52 bits per heavy atom. The number of carbonyl (C=O) groups is 2. The number of hydrogen-bond donors (Lipinski definition) is 0. The van der Waals surface area contributed by atoms with Gasteiger partial charge in [0, 0.05) is 58.7 Å². The molecule has 0 spiro atoms. The predicted molar refractivity (Wildman–Crippen MR) is 98.9 cm³/mol. The Labute approximate surface area is 149 Å².